The van der Waals surface area contributed by atoms with Crippen molar-refractivity contribution in [3.8, 4) is 5.69 Å². The number of nitrogens with zero attached hydrogens (tertiary/aromatic N) is 3. The van der Waals surface area contributed by atoms with Crippen LogP contribution in [0.1, 0.15) is 59.5 Å². The van der Waals surface area contributed by atoms with Crippen molar-refractivity contribution in [2.24, 2.45) is 0 Å². The number of carbonyl (C=O) groups is 1. The molecule has 1 saturated heterocycles. The lowest BCUT2D eigenvalue weighted by Gasteiger charge is -2.33. The van der Waals surface area contributed by atoms with E-state index in [-0.39, 0.29) is 18.1 Å². The molecule has 3 heterocycles. The van der Waals surface area contributed by atoms with Crippen molar-refractivity contribution in [3.63, 3.8) is 0 Å². The maximum absolute atomic E-state index is 12.5. The van der Waals surface area contributed by atoms with Crippen molar-refractivity contribution in [3.05, 3.63) is 83.9 Å². The number of rotatable bonds is 5. The van der Waals surface area contributed by atoms with Gasteiger partial charge in [0.15, 0.2) is 5.11 Å². The fraction of sp³-hybridized carbons (Fsp3) is 0.320. The number of hydrogen-bond donors (Lipinski definition) is 1. The monoisotopic (exact) mass is 446 g/mol. The number of para-hydroxylation sites is 1. The molecule has 5 rings (SSSR count). The van der Waals surface area contributed by atoms with E-state index in [4.69, 9.17) is 17.0 Å². The predicted octanol–water partition coefficient (Wildman–Crippen LogP) is 4.57. The first-order valence-electron chi connectivity index (χ1n) is 11.0. The summed E-state index contributed by atoms with van der Waals surface area (Å²) in [5.41, 5.74) is 3.34. The van der Waals surface area contributed by atoms with Crippen LogP contribution in [-0.2, 0) is 4.74 Å². The maximum Gasteiger partial charge on any atom is 0.339 e. The predicted molar refractivity (Wildman–Crippen MR) is 127 cm³/mol. The largest absolute Gasteiger partial charge is 0.465 e. The fourth-order valence-electron chi connectivity index (χ4n) is 5.08. The van der Waals surface area contributed by atoms with Gasteiger partial charge in [-0.2, -0.15) is 0 Å². The van der Waals surface area contributed by atoms with E-state index in [0.717, 1.165) is 35.0 Å². The standard InChI is InChI=1S/C25H26N4O2S/c1-31-24(30)18-11-4-5-13-20(18)28-16-8-14-21(28)23-22(19-12-6-7-15-26-19)27-25(32)29(23)17-9-2-3-10-17/h4-8,11-17,22-23H,2-3,9-10H2,1H3,(H,27,32)/t22-,23+/m1/s1. The number of carbonyl (C=O) groups excluding carboxylic acids is 1. The van der Waals surface area contributed by atoms with Gasteiger partial charge in [0.25, 0.3) is 0 Å². The first-order chi connectivity index (χ1) is 15.7. The van der Waals surface area contributed by atoms with Crippen LogP contribution in [0.2, 0.25) is 0 Å². The first kappa shape index (κ1) is 20.7. The zero-order chi connectivity index (χ0) is 22.1. The van der Waals surface area contributed by atoms with E-state index in [2.05, 4.69) is 25.8 Å². The van der Waals surface area contributed by atoms with Crippen LogP contribution in [0, 0.1) is 0 Å². The number of methoxy groups -OCH3 is 1. The van der Waals surface area contributed by atoms with Crippen molar-refractivity contribution in [1.29, 1.82) is 0 Å². The average molecular weight is 447 g/mol. The molecule has 3 aromatic rings. The van der Waals surface area contributed by atoms with Crippen molar-refractivity contribution < 1.29 is 9.53 Å². The zero-order valence-corrected chi connectivity index (χ0v) is 18.8. The third-order valence-corrected chi connectivity index (χ3v) is 6.83. The highest BCUT2D eigenvalue weighted by molar-refractivity contribution is 7.80. The van der Waals surface area contributed by atoms with Gasteiger partial charge >= 0.3 is 5.97 Å². The third kappa shape index (κ3) is 3.56. The summed E-state index contributed by atoms with van der Waals surface area (Å²) in [6.07, 6.45) is 8.52. The number of benzene rings is 1. The van der Waals surface area contributed by atoms with Crippen molar-refractivity contribution in [1.82, 2.24) is 19.8 Å². The van der Waals surface area contributed by atoms with E-state index in [0.29, 0.717) is 11.6 Å². The minimum atomic E-state index is -0.353. The molecule has 0 bridgehead atoms. The van der Waals surface area contributed by atoms with Gasteiger partial charge in [-0.05, 0) is 61.5 Å². The molecule has 2 aliphatic rings. The van der Waals surface area contributed by atoms with Gasteiger partial charge in [-0.15, -0.1) is 0 Å². The Morgan fingerprint density at radius 3 is 2.62 bits per heavy atom. The molecule has 2 atom stereocenters. The van der Waals surface area contributed by atoms with E-state index in [1.807, 2.05) is 54.9 Å². The fourth-order valence-corrected chi connectivity index (χ4v) is 5.47. The number of nitrogens with one attached hydrogen (secondary N) is 1. The smallest absolute Gasteiger partial charge is 0.339 e. The molecule has 1 aliphatic carbocycles. The lowest BCUT2D eigenvalue weighted by atomic mass is 9.99. The second kappa shape index (κ2) is 8.74. The van der Waals surface area contributed by atoms with Crippen LogP contribution in [0.5, 0.6) is 0 Å². The second-order valence-corrected chi connectivity index (χ2v) is 8.67. The van der Waals surface area contributed by atoms with Gasteiger partial charge in [0, 0.05) is 24.1 Å². The van der Waals surface area contributed by atoms with Gasteiger partial charge in [0.05, 0.1) is 36.1 Å². The normalized spacial score (nSPS) is 21.0. The van der Waals surface area contributed by atoms with Gasteiger partial charge in [-0.3, -0.25) is 4.98 Å². The Hall–Kier alpha value is -3.19. The van der Waals surface area contributed by atoms with Crippen molar-refractivity contribution in [2.75, 3.05) is 7.11 Å². The number of esters is 1. The molecular weight excluding hydrogens is 420 g/mol. The SMILES string of the molecule is COC(=O)c1ccccc1-n1cccc1[C@H]1[C@@H](c2ccccn2)NC(=S)N1C1CCCC1. The van der Waals surface area contributed by atoms with Crippen LogP contribution in [0.4, 0.5) is 0 Å². The van der Waals surface area contributed by atoms with Crippen LogP contribution in [0.15, 0.2) is 67.0 Å². The quantitative estimate of drug-likeness (QED) is 0.458. The molecule has 7 heteroatoms. The lowest BCUT2D eigenvalue weighted by molar-refractivity contribution is 0.0600. The Bertz CT molecular complexity index is 1120. The average Bonchev–Trinajstić information content (AvgIpc) is 3.58. The van der Waals surface area contributed by atoms with Crippen LogP contribution in [0.25, 0.3) is 5.69 Å². The molecular formula is C25H26N4O2S. The molecule has 1 aliphatic heterocycles. The van der Waals surface area contributed by atoms with E-state index in [1.54, 1.807) is 6.07 Å². The van der Waals surface area contributed by atoms with Crippen LogP contribution in [0.3, 0.4) is 0 Å². The molecule has 32 heavy (non-hydrogen) atoms. The summed E-state index contributed by atoms with van der Waals surface area (Å²) in [4.78, 5) is 19.5. The Kier molecular flexibility index (Phi) is 5.66. The Balaban J connectivity index is 1.64. The molecule has 2 aromatic heterocycles. The topological polar surface area (TPSA) is 59.4 Å². The third-order valence-electron chi connectivity index (χ3n) is 6.51. The number of thiocarbonyl (C=S) groups is 1. The van der Waals surface area contributed by atoms with Crippen molar-refractivity contribution >= 4 is 23.3 Å². The minimum Gasteiger partial charge on any atom is -0.465 e. The molecule has 0 amide bonds. The minimum absolute atomic E-state index is 0.0406. The Labute approximate surface area is 193 Å². The maximum atomic E-state index is 12.5. The molecule has 164 valence electrons. The Morgan fingerprint density at radius 2 is 1.88 bits per heavy atom. The summed E-state index contributed by atoms with van der Waals surface area (Å²) >= 11 is 5.85. The Morgan fingerprint density at radius 1 is 1.09 bits per heavy atom. The van der Waals surface area contributed by atoms with E-state index < -0.39 is 0 Å². The van der Waals surface area contributed by atoms with Crippen LogP contribution < -0.4 is 5.32 Å². The summed E-state index contributed by atoms with van der Waals surface area (Å²) in [6, 6.07) is 17.9. The van der Waals surface area contributed by atoms with Crippen LogP contribution >= 0.6 is 12.2 Å². The molecule has 6 nitrogen and oxygen atoms in total. The molecule has 2 fully saturated rings. The molecule has 0 unspecified atom stereocenters. The molecule has 1 saturated carbocycles. The first-order valence-corrected chi connectivity index (χ1v) is 11.4. The number of aromatic nitrogens is 2. The zero-order valence-electron chi connectivity index (χ0n) is 18.0. The van der Waals surface area contributed by atoms with Gasteiger partial charge in [0.2, 0.25) is 0 Å². The summed E-state index contributed by atoms with van der Waals surface area (Å²) in [5, 5.41) is 4.32. The van der Waals surface area contributed by atoms with E-state index in [9.17, 15) is 4.79 Å². The number of pyridine rings is 1. The lowest BCUT2D eigenvalue weighted by Crippen LogP contribution is -2.38. The number of ether oxygens (including phenoxy) is 1. The van der Waals surface area contributed by atoms with Gasteiger partial charge in [-0.1, -0.05) is 31.0 Å². The molecule has 0 radical (unpaired) electrons. The number of hydrogen-bond acceptors (Lipinski definition) is 4. The molecule has 1 aromatic carbocycles. The second-order valence-electron chi connectivity index (χ2n) is 8.28. The highest BCUT2D eigenvalue weighted by Crippen LogP contribution is 2.43. The molecule has 1 N–H and O–H groups in total. The molecule has 0 spiro atoms. The summed E-state index contributed by atoms with van der Waals surface area (Å²) in [6.45, 7) is 0. The summed E-state index contributed by atoms with van der Waals surface area (Å²) in [7, 11) is 1.41. The highest BCUT2D eigenvalue weighted by Gasteiger charge is 2.44. The van der Waals surface area contributed by atoms with Gasteiger partial charge in [-0.25, -0.2) is 4.79 Å². The highest BCUT2D eigenvalue weighted by atomic mass is 32.1. The van der Waals surface area contributed by atoms with E-state index in [1.165, 1.54) is 20.0 Å². The van der Waals surface area contributed by atoms with Gasteiger partial charge < -0.3 is 19.5 Å². The van der Waals surface area contributed by atoms with Crippen LogP contribution in [-0.4, -0.2) is 38.7 Å². The van der Waals surface area contributed by atoms with Gasteiger partial charge in [0.1, 0.15) is 0 Å². The summed E-state index contributed by atoms with van der Waals surface area (Å²) in [5.74, 6) is -0.353. The summed E-state index contributed by atoms with van der Waals surface area (Å²) < 4.78 is 7.13. The van der Waals surface area contributed by atoms with E-state index >= 15 is 0 Å². The van der Waals surface area contributed by atoms with Crippen molar-refractivity contribution in [2.45, 2.75) is 43.8 Å².